The van der Waals surface area contributed by atoms with Gasteiger partial charge in [0, 0.05) is 11.4 Å². The van der Waals surface area contributed by atoms with Crippen LogP contribution in [0, 0.1) is 16.7 Å². The molecule has 0 aliphatic heterocycles. The maximum atomic E-state index is 11.3. The van der Waals surface area contributed by atoms with E-state index in [1.54, 1.807) is 24.3 Å². The van der Waals surface area contributed by atoms with Gasteiger partial charge in [0.2, 0.25) is 0 Å². The summed E-state index contributed by atoms with van der Waals surface area (Å²) in [6, 6.07) is 8.80. The van der Waals surface area contributed by atoms with Crippen molar-refractivity contribution in [2.45, 2.75) is 73.6 Å². The Hall–Kier alpha value is -2.60. The predicted octanol–water partition coefficient (Wildman–Crippen LogP) is 6.83. The number of carboxylic acids is 1. The monoisotopic (exact) mass is 485 g/mol. The topological polar surface area (TPSA) is 88.2 Å². The lowest BCUT2D eigenvalue weighted by atomic mass is 9.68. The van der Waals surface area contributed by atoms with Crippen molar-refractivity contribution in [3.8, 4) is 11.4 Å². The summed E-state index contributed by atoms with van der Waals surface area (Å²) in [6.07, 6.45) is 3.22. The Morgan fingerprint density at radius 1 is 1.03 bits per heavy atom. The number of hydrogen-bond acceptors (Lipinski definition) is 4. The lowest BCUT2D eigenvalue weighted by molar-refractivity contribution is -0.136. The molecule has 0 spiro atoms. The molecule has 0 saturated heterocycles. The van der Waals surface area contributed by atoms with Gasteiger partial charge in [-0.25, -0.2) is 0 Å². The summed E-state index contributed by atoms with van der Waals surface area (Å²) in [4.78, 5) is 12.7. The number of carbonyl (C=O) groups is 1. The third kappa shape index (κ3) is 6.50. The fourth-order valence-corrected chi connectivity index (χ4v) is 5.00. The van der Waals surface area contributed by atoms with Gasteiger partial charge in [-0.05, 0) is 83.9 Å². The van der Waals surface area contributed by atoms with Crippen LogP contribution in [0.15, 0.2) is 30.3 Å². The molecule has 0 radical (unpaired) electrons. The van der Waals surface area contributed by atoms with Crippen LogP contribution in [-0.2, 0) is 17.6 Å². The van der Waals surface area contributed by atoms with Gasteiger partial charge in [-0.15, -0.1) is 15.0 Å². The van der Waals surface area contributed by atoms with E-state index in [9.17, 15) is 15.0 Å². The number of aromatic hydroxyl groups is 1. The summed E-state index contributed by atoms with van der Waals surface area (Å²) in [5.41, 5.74) is 4.00. The zero-order chi connectivity index (χ0) is 25.3. The Labute approximate surface area is 206 Å². The van der Waals surface area contributed by atoms with E-state index < -0.39 is 5.97 Å². The number of aromatic nitrogens is 3. The number of rotatable bonds is 9. The van der Waals surface area contributed by atoms with Gasteiger partial charge in [-0.2, -0.15) is 0 Å². The van der Waals surface area contributed by atoms with E-state index >= 15 is 0 Å². The molecule has 1 unspecified atom stereocenters. The molecule has 34 heavy (non-hydrogen) atoms. The van der Waals surface area contributed by atoms with Gasteiger partial charge >= 0.3 is 5.97 Å². The highest BCUT2D eigenvalue weighted by atomic mass is 35.5. The molecule has 0 amide bonds. The smallest absolute Gasteiger partial charge is 0.303 e. The third-order valence-corrected chi connectivity index (χ3v) is 6.86. The Morgan fingerprint density at radius 3 is 2.32 bits per heavy atom. The molecule has 1 aromatic heterocycles. The van der Waals surface area contributed by atoms with E-state index in [1.807, 2.05) is 6.07 Å². The average Bonchev–Trinajstić information content (AvgIpc) is 3.11. The number of halogens is 1. The summed E-state index contributed by atoms with van der Waals surface area (Å²) < 4.78 is 0. The van der Waals surface area contributed by atoms with Crippen molar-refractivity contribution >= 4 is 28.6 Å². The first kappa shape index (κ1) is 26.0. The van der Waals surface area contributed by atoms with Crippen LogP contribution in [0.25, 0.3) is 16.7 Å². The highest BCUT2D eigenvalue weighted by Gasteiger charge is 2.30. The Balaban J connectivity index is 1.90. The van der Waals surface area contributed by atoms with Crippen LogP contribution in [0.3, 0.4) is 0 Å². The van der Waals surface area contributed by atoms with E-state index in [-0.39, 0.29) is 23.0 Å². The summed E-state index contributed by atoms with van der Waals surface area (Å²) >= 11 is 6.07. The molecule has 2 N–H and O–H groups in total. The molecule has 0 bridgehead atoms. The molecule has 1 atom stereocenters. The van der Waals surface area contributed by atoms with E-state index in [0.29, 0.717) is 34.1 Å². The van der Waals surface area contributed by atoms with Crippen molar-refractivity contribution in [2.24, 2.45) is 16.7 Å². The Kier molecular flexibility index (Phi) is 7.61. The van der Waals surface area contributed by atoms with Crippen LogP contribution in [-0.4, -0.2) is 31.2 Å². The highest BCUT2D eigenvalue weighted by Crippen LogP contribution is 2.41. The van der Waals surface area contributed by atoms with Crippen molar-refractivity contribution in [1.29, 1.82) is 0 Å². The summed E-state index contributed by atoms with van der Waals surface area (Å²) in [6.45, 7) is 13.7. The summed E-state index contributed by atoms with van der Waals surface area (Å²) in [5.74, 6) is -0.316. The number of nitrogens with zero attached hydrogens (tertiary/aromatic N) is 3. The fraction of sp³-hybridized carbons (Fsp3) is 0.519. The minimum atomic E-state index is -0.849. The maximum Gasteiger partial charge on any atom is 0.303 e. The van der Waals surface area contributed by atoms with Gasteiger partial charge in [0.05, 0.1) is 0 Å². The van der Waals surface area contributed by atoms with Gasteiger partial charge in [0.1, 0.15) is 22.5 Å². The van der Waals surface area contributed by atoms with Crippen molar-refractivity contribution in [3.63, 3.8) is 0 Å². The predicted molar refractivity (Wildman–Crippen MR) is 137 cm³/mol. The first-order valence-electron chi connectivity index (χ1n) is 11.8. The molecular formula is C27H36ClN3O3. The molecule has 2 aromatic carbocycles. The first-order chi connectivity index (χ1) is 15.7. The number of aryl methyl sites for hydroxylation is 2. The normalized spacial score (nSPS) is 13.4. The van der Waals surface area contributed by atoms with Gasteiger partial charge < -0.3 is 10.2 Å². The minimum absolute atomic E-state index is 0.0202. The summed E-state index contributed by atoms with van der Waals surface area (Å²) in [5, 5.41) is 29.6. The lowest BCUT2D eigenvalue weighted by Crippen LogP contribution is -2.28. The van der Waals surface area contributed by atoms with E-state index in [2.05, 4.69) is 51.7 Å². The van der Waals surface area contributed by atoms with Crippen LogP contribution in [0.2, 0.25) is 5.02 Å². The van der Waals surface area contributed by atoms with E-state index in [0.717, 1.165) is 30.4 Å². The molecule has 7 heteroatoms. The number of phenols is 1. The lowest BCUT2D eigenvalue weighted by Gasteiger charge is -2.37. The van der Waals surface area contributed by atoms with Crippen LogP contribution in [0.1, 0.15) is 71.9 Å². The number of benzene rings is 2. The number of phenolic OH excluding ortho intramolecular Hbond substituents is 1. The van der Waals surface area contributed by atoms with Gasteiger partial charge in [-0.1, -0.05) is 53.1 Å². The second-order valence-electron chi connectivity index (χ2n) is 11.3. The molecule has 3 rings (SSSR count). The molecule has 1 heterocycles. The second-order valence-corrected chi connectivity index (χ2v) is 11.7. The van der Waals surface area contributed by atoms with Crippen molar-refractivity contribution < 1.29 is 15.0 Å². The van der Waals surface area contributed by atoms with E-state index in [4.69, 9.17) is 11.6 Å². The minimum Gasteiger partial charge on any atom is -0.506 e. The van der Waals surface area contributed by atoms with E-state index in [1.165, 1.54) is 4.80 Å². The van der Waals surface area contributed by atoms with Crippen LogP contribution in [0.5, 0.6) is 5.75 Å². The van der Waals surface area contributed by atoms with Gasteiger partial charge in [0.25, 0.3) is 0 Å². The van der Waals surface area contributed by atoms with Crippen LogP contribution >= 0.6 is 11.6 Å². The molecule has 0 aliphatic rings. The van der Waals surface area contributed by atoms with Crippen LogP contribution < -0.4 is 0 Å². The molecule has 0 aliphatic carbocycles. The quantitative estimate of drug-likeness (QED) is 0.347. The van der Waals surface area contributed by atoms with Crippen LogP contribution in [0.4, 0.5) is 0 Å². The zero-order valence-corrected chi connectivity index (χ0v) is 21.8. The number of hydrogen-bond donors (Lipinski definition) is 2. The molecule has 184 valence electrons. The molecular weight excluding hydrogens is 450 g/mol. The number of aliphatic carboxylic acids is 1. The molecule has 6 nitrogen and oxygen atoms in total. The largest absolute Gasteiger partial charge is 0.506 e. The number of fused-ring (bicyclic) bond motifs is 1. The van der Waals surface area contributed by atoms with Crippen molar-refractivity contribution in [1.82, 2.24) is 15.0 Å². The standard InChI is InChI=1S/C27H36ClN3O3/c1-17(27(5,6)16-26(2,3)4)7-8-19-14-24(32)23(13-18(19)9-12-25(33)34)31-29-21-11-10-20(28)15-22(21)30-31/h10-11,13-15,17,32H,7-9,12,16H2,1-6H3,(H,33,34). The summed E-state index contributed by atoms with van der Waals surface area (Å²) in [7, 11) is 0. The van der Waals surface area contributed by atoms with Gasteiger partial charge in [0.15, 0.2) is 0 Å². The average molecular weight is 486 g/mol. The molecule has 0 saturated carbocycles. The van der Waals surface area contributed by atoms with Crippen molar-refractivity contribution in [3.05, 3.63) is 46.5 Å². The number of carboxylic acid groups (broad SMARTS) is 1. The SMILES string of the molecule is CC(CCc1cc(O)c(-n2nc3ccc(Cl)cc3n2)cc1CCC(=O)O)C(C)(C)CC(C)(C)C. The molecule has 3 aromatic rings. The molecule has 0 fully saturated rings. The first-order valence-corrected chi connectivity index (χ1v) is 12.2. The third-order valence-electron chi connectivity index (χ3n) is 6.63. The van der Waals surface area contributed by atoms with Crippen molar-refractivity contribution in [2.75, 3.05) is 0 Å². The fourth-order valence-electron chi connectivity index (χ4n) is 4.83. The second kappa shape index (κ2) is 9.95. The zero-order valence-electron chi connectivity index (χ0n) is 21.0. The Bertz CT molecular complexity index is 1180. The maximum absolute atomic E-state index is 11.3. The Morgan fingerprint density at radius 2 is 1.68 bits per heavy atom. The highest BCUT2D eigenvalue weighted by molar-refractivity contribution is 6.31. The van der Waals surface area contributed by atoms with Gasteiger partial charge in [-0.3, -0.25) is 4.79 Å².